The van der Waals surface area contributed by atoms with Gasteiger partial charge in [-0.3, -0.25) is 14.8 Å². The van der Waals surface area contributed by atoms with Crippen molar-refractivity contribution in [3.63, 3.8) is 0 Å². The van der Waals surface area contributed by atoms with Crippen LogP contribution in [0, 0.1) is 0 Å². The molecule has 0 bridgehead atoms. The minimum absolute atomic E-state index is 0.207. The van der Waals surface area contributed by atoms with Gasteiger partial charge in [-0.15, -0.1) is 0 Å². The van der Waals surface area contributed by atoms with Gasteiger partial charge in [-0.2, -0.15) is 0 Å². The molecule has 0 saturated carbocycles. The highest BCUT2D eigenvalue weighted by molar-refractivity contribution is 6.31. The maximum atomic E-state index is 12.9. The number of rotatable bonds is 7. The summed E-state index contributed by atoms with van der Waals surface area (Å²) in [6.07, 6.45) is 3.51. The molecule has 2 N–H and O–H groups in total. The highest BCUT2D eigenvalue weighted by Crippen LogP contribution is 2.46. The van der Waals surface area contributed by atoms with Gasteiger partial charge in [0.2, 0.25) is 5.91 Å². The Morgan fingerprint density at radius 1 is 1.24 bits per heavy atom. The number of amides is 2. The smallest absolute Gasteiger partial charge is 0.292 e. The second kappa shape index (κ2) is 7.70. The first-order valence-electron chi connectivity index (χ1n) is 8.41. The number of ether oxygens (including phenoxy) is 2. The van der Waals surface area contributed by atoms with E-state index < -0.39 is 5.79 Å². The monoisotopic (exact) mass is 368 g/mol. The molecule has 1 spiro atoms. The normalized spacial score (nSPS) is 18.0. The predicted octanol–water partition coefficient (Wildman–Crippen LogP) is 2.34. The van der Waals surface area contributed by atoms with E-state index in [-0.39, 0.29) is 11.8 Å². The number of halogens is 1. The van der Waals surface area contributed by atoms with Crippen molar-refractivity contribution in [2.45, 2.75) is 37.9 Å². The van der Waals surface area contributed by atoms with Crippen LogP contribution in [-0.2, 0) is 24.8 Å². The Labute approximate surface area is 150 Å². The van der Waals surface area contributed by atoms with Crippen LogP contribution in [0.3, 0.4) is 0 Å². The zero-order valence-electron chi connectivity index (χ0n) is 13.8. The third-order valence-corrected chi connectivity index (χ3v) is 4.72. The molecule has 0 atom stereocenters. The second-order valence-corrected chi connectivity index (χ2v) is 6.57. The van der Waals surface area contributed by atoms with E-state index in [9.17, 15) is 9.59 Å². The summed E-state index contributed by atoms with van der Waals surface area (Å²) in [4.78, 5) is 25.5. The van der Waals surface area contributed by atoms with Gasteiger partial charge in [-0.1, -0.05) is 24.4 Å². The third-order valence-electron chi connectivity index (χ3n) is 4.48. The maximum Gasteiger partial charge on any atom is 0.292 e. The maximum absolute atomic E-state index is 12.9. The van der Waals surface area contributed by atoms with E-state index in [1.165, 1.54) is 0 Å². The van der Waals surface area contributed by atoms with Gasteiger partial charge in [-0.25, -0.2) is 5.48 Å². The van der Waals surface area contributed by atoms with Gasteiger partial charge in [-0.05, 0) is 31.0 Å². The summed E-state index contributed by atoms with van der Waals surface area (Å²) in [5, 5.41) is 8.98. The van der Waals surface area contributed by atoms with Crippen LogP contribution in [0.2, 0.25) is 5.02 Å². The highest BCUT2D eigenvalue weighted by Gasteiger charge is 2.55. The van der Waals surface area contributed by atoms with Crippen molar-refractivity contribution >= 4 is 29.1 Å². The molecule has 1 fully saturated rings. The number of hydroxylamine groups is 1. The first kappa shape index (κ1) is 18.1. The summed E-state index contributed by atoms with van der Waals surface area (Å²) in [6, 6.07) is 5.30. The molecule has 3 rings (SSSR count). The number of nitrogens with one attached hydrogen (secondary N) is 1. The van der Waals surface area contributed by atoms with E-state index in [4.69, 9.17) is 26.3 Å². The Bertz CT molecular complexity index is 660. The van der Waals surface area contributed by atoms with Crippen LogP contribution in [0.5, 0.6) is 0 Å². The Kier molecular flexibility index (Phi) is 5.58. The largest absolute Gasteiger partial charge is 0.336 e. The summed E-state index contributed by atoms with van der Waals surface area (Å²) in [6.45, 7) is 1.30. The molecule has 0 aliphatic carbocycles. The molecule has 0 aromatic heterocycles. The Morgan fingerprint density at radius 3 is 2.68 bits per heavy atom. The summed E-state index contributed by atoms with van der Waals surface area (Å²) < 4.78 is 11.3. The minimum atomic E-state index is -1.35. The number of carbonyl (C=O) groups is 2. The number of unbranched alkanes of at least 4 members (excludes halogenated alkanes) is 3. The summed E-state index contributed by atoms with van der Waals surface area (Å²) in [5.74, 6) is -1.93. The molecular formula is C17H21ClN2O5. The molecule has 7 nitrogen and oxygen atoms in total. The molecule has 2 aliphatic heterocycles. The highest BCUT2D eigenvalue weighted by atomic mass is 35.5. The lowest BCUT2D eigenvalue weighted by Gasteiger charge is -2.22. The fourth-order valence-electron chi connectivity index (χ4n) is 3.29. The Hall–Kier alpha value is -1.67. The van der Waals surface area contributed by atoms with Gasteiger partial charge in [0, 0.05) is 23.6 Å². The van der Waals surface area contributed by atoms with Gasteiger partial charge < -0.3 is 14.4 Å². The van der Waals surface area contributed by atoms with Crippen molar-refractivity contribution in [2.24, 2.45) is 0 Å². The van der Waals surface area contributed by atoms with Crippen molar-refractivity contribution in [3.8, 4) is 0 Å². The van der Waals surface area contributed by atoms with Gasteiger partial charge in [0.1, 0.15) is 0 Å². The van der Waals surface area contributed by atoms with Crippen LogP contribution in [0.25, 0.3) is 0 Å². The quantitative estimate of drug-likeness (QED) is 0.438. The molecule has 2 aliphatic rings. The lowest BCUT2D eigenvalue weighted by molar-refractivity contribution is -0.180. The van der Waals surface area contributed by atoms with E-state index in [0.717, 1.165) is 24.9 Å². The van der Waals surface area contributed by atoms with E-state index >= 15 is 0 Å². The van der Waals surface area contributed by atoms with E-state index in [1.807, 2.05) is 6.07 Å². The topological polar surface area (TPSA) is 88.1 Å². The zero-order chi connectivity index (χ0) is 17.9. The number of fused-ring (bicyclic) bond motifs is 2. The molecule has 0 unspecified atom stereocenters. The standard InChI is InChI=1S/C17H21ClN2O5/c18-12-6-7-14-13(11-12)17(24-9-10-25-17)16(22)20(14)8-4-2-1-3-5-15(21)19-23/h6-7,11,23H,1-5,8-10H2,(H,19,21). The van der Waals surface area contributed by atoms with Crippen LogP contribution in [0.15, 0.2) is 18.2 Å². The van der Waals surface area contributed by atoms with Crippen molar-refractivity contribution in [1.29, 1.82) is 0 Å². The first-order valence-corrected chi connectivity index (χ1v) is 8.79. The summed E-state index contributed by atoms with van der Waals surface area (Å²) in [7, 11) is 0. The van der Waals surface area contributed by atoms with Gasteiger partial charge >= 0.3 is 0 Å². The van der Waals surface area contributed by atoms with Crippen LogP contribution >= 0.6 is 11.6 Å². The van der Waals surface area contributed by atoms with Gasteiger partial charge in [0.05, 0.1) is 18.9 Å². The number of benzene rings is 1. The third kappa shape index (κ3) is 3.50. The van der Waals surface area contributed by atoms with E-state index in [2.05, 4.69) is 0 Å². The number of carbonyl (C=O) groups excluding carboxylic acids is 2. The van der Waals surface area contributed by atoms with Crippen LogP contribution in [-0.4, -0.2) is 36.8 Å². The molecule has 1 saturated heterocycles. The summed E-state index contributed by atoms with van der Waals surface area (Å²) in [5.41, 5.74) is 3.06. The second-order valence-electron chi connectivity index (χ2n) is 6.13. The molecular weight excluding hydrogens is 348 g/mol. The van der Waals surface area contributed by atoms with Gasteiger partial charge in [0.25, 0.3) is 11.7 Å². The fraction of sp³-hybridized carbons (Fsp3) is 0.529. The van der Waals surface area contributed by atoms with Gasteiger partial charge in [0.15, 0.2) is 0 Å². The van der Waals surface area contributed by atoms with Crippen molar-refractivity contribution in [1.82, 2.24) is 5.48 Å². The lowest BCUT2D eigenvalue weighted by atomic mass is 10.1. The molecule has 1 aromatic rings. The molecule has 136 valence electrons. The Morgan fingerprint density at radius 2 is 1.96 bits per heavy atom. The zero-order valence-corrected chi connectivity index (χ0v) is 14.6. The predicted molar refractivity (Wildman–Crippen MR) is 90.4 cm³/mol. The van der Waals surface area contributed by atoms with Crippen LogP contribution < -0.4 is 10.4 Å². The number of nitrogens with zero attached hydrogens (tertiary/aromatic N) is 1. The van der Waals surface area contributed by atoms with Crippen molar-refractivity contribution in [2.75, 3.05) is 24.7 Å². The molecule has 2 amide bonds. The average Bonchev–Trinajstić information content (AvgIpc) is 3.18. The van der Waals surface area contributed by atoms with E-state index in [0.29, 0.717) is 43.2 Å². The van der Waals surface area contributed by atoms with Crippen molar-refractivity contribution < 1.29 is 24.3 Å². The average molecular weight is 369 g/mol. The van der Waals surface area contributed by atoms with Crippen molar-refractivity contribution in [3.05, 3.63) is 28.8 Å². The fourth-order valence-corrected chi connectivity index (χ4v) is 3.46. The first-order chi connectivity index (χ1) is 12.1. The molecule has 2 heterocycles. The molecule has 25 heavy (non-hydrogen) atoms. The number of hydrogen-bond acceptors (Lipinski definition) is 5. The van der Waals surface area contributed by atoms with Crippen LogP contribution in [0.4, 0.5) is 5.69 Å². The molecule has 0 radical (unpaired) electrons. The van der Waals surface area contributed by atoms with E-state index in [1.54, 1.807) is 22.5 Å². The van der Waals surface area contributed by atoms with Crippen LogP contribution in [0.1, 0.15) is 37.7 Å². The number of anilines is 1. The molecule has 1 aromatic carbocycles. The SMILES string of the molecule is O=C(CCCCCCN1C(=O)C2(OCCO2)c2cc(Cl)ccc21)NO. The minimum Gasteiger partial charge on any atom is -0.336 e. The molecule has 8 heteroatoms. The Balaban J connectivity index is 1.61. The number of hydrogen-bond donors (Lipinski definition) is 2. The lowest BCUT2D eigenvalue weighted by Crippen LogP contribution is -2.41. The summed E-state index contributed by atoms with van der Waals surface area (Å²) >= 11 is 6.09.